The minimum Gasteiger partial charge on any atom is -0.468 e. The SMILES string of the molecule is CC1c2ccsc2CCN1C(=O)/C=C/c1ccc(S(=O)(=O)NCc2ccco2)cc1. The van der Waals surface area contributed by atoms with Crippen LogP contribution in [0.2, 0.25) is 0 Å². The van der Waals surface area contributed by atoms with Crippen LogP contribution in [-0.4, -0.2) is 25.8 Å². The highest BCUT2D eigenvalue weighted by Gasteiger charge is 2.27. The molecule has 1 aliphatic rings. The van der Waals surface area contributed by atoms with Crippen molar-refractivity contribution in [1.29, 1.82) is 0 Å². The molecule has 0 bridgehead atoms. The Morgan fingerprint density at radius 3 is 2.80 bits per heavy atom. The molecule has 1 unspecified atom stereocenters. The fourth-order valence-corrected chi connectivity index (χ4v) is 5.45. The first-order valence-corrected chi connectivity index (χ1v) is 12.0. The van der Waals surface area contributed by atoms with Crippen molar-refractivity contribution in [1.82, 2.24) is 9.62 Å². The van der Waals surface area contributed by atoms with Gasteiger partial charge in [0.2, 0.25) is 15.9 Å². The van der Waals surface area contributed by atoms with Gasteiger partial charge in [-0.05, 0) is 66.3 Å². The molecule has 3 aromatic rings. The molecule has 4 rings (SSSR count). The number of hydrogen-bond acceptors (Lipinski definition) is 5. The zero-order chi connectivity index (χ0) is 21.1. The van der Waals surface area contributed by atoms with Gasteiger partial charge in [-0.15, -0.1) is 11.3 Å². The normalized spacial score (nSPS) is 16.7. The third-order valence-electron chi connectivity index (χ3n) is 5.19. The van der Waals surface area contributed by atoms with E-state index in [-0.39, 0.29) is 23.4 Å². The Morgan fingerprint density at radius 1 is 1.27 bits per heavy atom. The Bertz CT molecular complexity index is 1150. The van der Waals surface area contributed by atoms with E-state index in [1.165, 1.54) is 28.8 Å². The Balaban J connectivity index is 1.39. The second-order valence-electron chi connectivity index (χ2n) is 7.06. The third kappa shape index (κ3) is 4.40. The highest BCUT2D eigenvalue weighted by atomic mass is 32.2. The minimum atomic E-state index is -3.64. The number of thiophene rings is 1. The summed E-state index contributed by atoms with van der Waals surface area (Å²) in [4.78, 5) is 16.0. The fourth-order valence-electron chi connectivity index (χ4n) is 3.49. The lowest BCUT2D eigenvalue weighted by Gasteiger charge is -2.32. The number of hydrogen-bond donors (Lipinski definition) is 1. The van der Waals surface area contributed by atoms with Gasteiger partial charge in [0.15, 0.2) is 0 Å². The first kappa shape index (κ1) is 20.6. The Kier molecular flexibility index (Phi) is 5.90. The van der Waals surface area contributed by atoms with Crippen LogP contribution in [0.1, 0.15) is 34.7 Å². The summed E-state index contributed by atoms with van der Waals surface area (Å²) in [7, 11) is -3.64. The van der Waals surface area contributed by atoms with Crippen LogP contribution < -0.4 is 4.72 Å². The smallest absolute Gasteiger partial charge is 0.247 e. The number of benzene rings is 1. The zero-order valence-electron chi connectivity index (χ0n) is 16.4. The summed E-state index contributed by atoms with van der Waals surface area (Å²) in [6, 6.07) is 12.0. The second-order valence-corrected chi connectivity index (χ2v) is 9.83. The summed E-state index contributed by atoms with van der Waals surface area (Å²) in [5, 5.41) is 2.07. The molecule has 3 heterocycles. The molecule has 6 nitrogen and oxygen atoms in total. The molecule has 0 saturated heterocycles. The summed E-state index contributed by atoms with van der Waals surface area (Å²) >= 11 is 1.74. The maximum absolute atomic E-state index is 12.7. The number of furan rings is 1. The van der Waals surface area contributed by atoms with Crippen molar-refractivity contribution in [3.05, 3.63) is 81.9 Å². The average molecular weight is 443 g/mol. The standard InChI is InChI=1S/C22H22N2O4S2/c1-16-20-11-14-29-21(20)10-12-24(16)22(25)9-6-17-4-7-19(8-5-17)30(26,27)23-15-18-3-2-13-28-18/h2-9,11,13-14,16,23H,10,12,15H2,1H3/b9-6+. The van der Waals surface area contributed by atoms with Crippen molar-refractivity contribution in [2.45, 2.75) is 30.8 Å². The van der Waals surface area contributed by atoms with Crippen LogP contribution in [0.15, 0.2) is 69.5 Å². The average Bonchev–Trinajstić information content (AvgIpc) is 3.43. The van der Waals surface area contributed by atoms with Crippen molar-refractivity contribution < 1.29 is 17.6 Å². The van der Waals surface area contributed by atoms with E-state index in [1.54, 1.807) is 47.8 Å². The van der Waals surface area contributed by atoms with Crippen molar-refractivity contribution in [2.24, 2.45) is 0 Å². The lowest BCUT2D eigenvalue weighted by Crippen LogP contribution is -2.37. The molecular weight excluding hydrogens is 420 g/mol. The molecule has 0 radical (unpaired) electrons. The van der Waals surface area contributed by atoms with Gasteiger partial charge in [-0.2, -0.15) is 0 Å². The molecule has 0 spiro atoms. The monoisotopic (exact) mass is 442 g/mol. The Morgan fingerprint density at radius 2 is 2.07 bits per heavy atom. The summed E-state index contributed by atoms with van der Waals surface area (Å²) in [6.45, 7) is 2.84. The zero-order valence-corrected chi connectivity index (χ0v) is 18.1. The van der Waals surface area contributed by atoms with E-state index in [0.29, 0.717) is 12.3 Å². The summed E-state index contributed by atoms with van der Waals surface area (Å²) in [6.07, 6.45) is 5.64. The summed E-state index contributed by atoms with van der Waals surface area (Å²) in [5.74, 6) is 0.495. The maximum Gasteiger partial charge on any atom is 0.247 e. The first-order valence-electron chi connectivity index (χ1n) is 9.61. The van der Waals surface area contributed by atoms with Gasteiger partial charge in [0.05, 0.1) is 23.7 Å². The molecule has 1 aromatic carbocycles. The summed E-state index contributed by atoms with van der Waals surface area (Å²) < 4.78 is 32.4. The number of fused-ring (bicyclic) bond motifs is 1. The second kappa shape index (κ2) is 8.59. The molecule has 1 N–H and O–H groups in total. The number of nitrogens with zero attached hydrogens (tertiary/aromatic N) is 1. The number of carbonyl (C=O) groups is 1. The number of sulfonamides is 1. The molecule has 0 aliphatic carbocycles. The molecule has 1 aliphatic heterocycles. The predicted molar refractivity (Wildman–Crippen MR) is 116 cm³/mol. The number of amides is 1. The van der Waals surface area contributed by atoms with E-state index in [0.717, 1.165) is 12.0 Å². The van der Waals surface area contributed by atoms with E-state index in [2.05, 4.69) is 16.2 Å². The largest absolute Gasteiger partial charge is 0.468 e. The van der Waals surface area contributed by atoms with E-state index in [9.17, 15) is 13.2 Å². The van der Waals surface area contributed by atoms with Crippen molar-refractivity contribution >= 4 is 33.3 Å². The quantitative estimate of drug-likeness (QED) is 0.586. The number of carbonyl (C=O) groups excluding carboxylic acids is 1. The number of nitrogens with one attached hydrogen (secondary N) is 1. The van der Waals surface area contributed by atoms with Crippen molar-refractivity contribution in [3.63, 3.8) is 0 Å². The van der Waals surface area contributed by atoms with Gasteiger partial charge in [-0.3, -0.25) is 4.79 Å². The van der Waals surface area contributed by atoms with Crippen LogP contribution in [0, 0.1) is 0 Å². The van der Waals surface area contributed by atoms with Crippen molar-refractivity contribution in [2.75, 3.05) is 6.54 Å². The third-order valence-corrected chi connectivity index (χ3v) is 7.60. The van der Waals surface area contributed by atoms with E-state index in [1.807, 2.05) is 11.8 Å². The lowest BCUT2D eigenvalue weighted by atomic mass is 10.0. The minimum absolute atomic E-state index is 0.0452. The maximum atomic E-state index is 12.7. The summed E-state index contributed by atoms with van der Waals surface area (Å²) in [5.41, 5.74) is 1.99. The molecule has 1 amide bonds. The van der Waals surface area contributed by atoms with Crippen LogP contribution in [-0.2, 0) is 27.8 Å². The van der Waals surface area contributed by atoms with Crippen LogP contribution in [0.4, 0.5) is 0 Å². The van der Waals surface area contributed by atoms with Gasteiger partial charge in [-0.25, -0.2) is 13.1 Å². The topological polar surface area (TPSA) is 79.6 Å². The molecule has 2 aromatic heterocycles. The van der Waals surface area contributed by atoms with Gasteiger partial charge in [0, 0.05) is 17.5 Å². The van der Waals surface area contributed by atoms with Crippen LogP contribution in [0.3, 0.4) is 0 Å². The molecule has 8 heteroatoms. The van der Waals surface area contributed by atoms with E-state index < -0.39 is 10.0 Å². The Labute approximate surface area is 179 Å². The van der Waals surface area contributed by atoms with Gasteiger partial charge in [0.25, 0.3) is 0 Å². The van der Waals surface area contributed by atoms with Crippen molar-refractivity contribution in [3.8, 4) is 0 Å². The van der Waals surface area contributed by atoms with Gasteiger partial charge in [0.1, 0.15) is 5.76 Å². The molecule has 0 fully saturated rings. The van der Waals surface area contributed by atoms with Crippen LogP contribution >= 0.6 is 11.3 Å². The van der Waals surface area contributed by atoms with Crippen LogP contribution in [0.25, 0.3) is 6.08 Å². The molecule has 30 heavy (non-hydrogen) atoms. The molecular formula is C22H22N2O4S2. The van der Waals surface area contributed by atoms with E-state index >= 15 is 0 Å². The van der Waals surface area contributed by atoms with Gasteiger partial charge in [-0.1, -0.05) is 12.1 Å². The van der Waals surface area contributed by atoms with Crippen LogP contribution in [0.5, 0.6) is 0 Å². The first-order chi connectivity index (χ1) is 14.4. The molecule has 1 atom stereocenters. The highest BCUT2D eigenvalue weighted by molar-refractivity contribution is 7.89. The highest BCUT2D eigenvalue weighted by Crippen LogP contribution is 2.32. The fraction of sp³-hybridized carbons (Fsp3) is 0.227. The molecule has 156 valence electrons. The van der Waals surface area contributed by atoms with E-state index in [4.69, 9.17) is 4.42 Å². The van der Waals surface area contributed by atoms with Gasteiger partial charge < -0.3 is 9.32 Å². The Hall–Kier alpha value is -2.68. The lowest BCUT2D eigenvalue weighted by molar-refractivity contribution is -0.128. The predicted octanol–water partition coefficient (Wildman–Crippen LogP) is 3.98. The number of rotatable bonds is 6. The molecule has 0 saturated carbocycles. The van der Waals surface area contributed by atoms with Gasteiger partial charge >= 0.3 is 0 Å².